The van der Waals surface area contributed by atoms with E-state index in [0.29, 0.717) is 5.92 Å². The van der Waals surface area contributed by atoms with Crippen molar-refractivity contribution >= 4 is 5.69 Å². The van der Waals surface area contributed by atoms with Gasteiger partial charge >= 0.3 is 0 Å². The molecule has 12 heavy (non-hydrogen) atoms. The van der Waals surface area contributed by atoms with E-state index in [1.54, 1.807) is 0 Å². The molecule has 2 rings (SSSR count). The highest BCUT2D eigenvalue weighted by molar-refractivity contribution is 5.40. The molecule has 1 fully saturated rings. The molecule has 1 aromatic carbocycles. The Morgan fingerprint density at radius 1 is 1.17 bits per heavy atom. The van der Waals surface area contributed by atoms with Gasteiger partial charge in [-0.2, -0.15) is 0 Å². The van der Waals surface area contributed by atoms with Crippen LogP contribution in [0.1, 0.15) is 24.4 Å². The van der Waals surface area contributed by atoms with Crippen molar-refractivity contribution in [3.05, 3.63) is 29.8 Å². The number of nitrogen functional groups attached to an aromatic ring is 1. The molecule has 64 valence electrons. The van der Waals surface area contributed by atoms with E-state index >= 15 is 0 Å². The van der Waals surface area contributed by atoms with E-state index in [1.807, 2.05) is 24.3 Å². The number of benzene rings is 1. The molecule has 1 aromatic rings. The first-order valence-corrected chi connectivity index (χ1v) is 4.38. The zero-order valence-electron chi connectivity index (χ0n) is 7.03. The van der Waals surface area contributed by atoms with Gasteiger partial charge in [0.25, 0.3) is 0 Å². The summed E-state index contributed by atoms with van der Waals surface area (Å²) < 4.78 is 0. The van der Waals surface area contributed by atoms with Crippen molar-refractivity contribution in [2.45, 2.75) is 18.9 Å². The average molecular weight is 162 g/mol. The van der Waals surface area contributed by atoms with Crippen molar-refractivity contribution in [3.8, 4) is 0 Å². The minimum Gasteiger partial charge on any atom is -0.399 e. The second-order valence-corrected chi connectivity index (χ2v) is 3.53. The Kier molecular flexibility index (Phi) is 1.77. The molecule has 1 saturated carbocycles. The number of nitrogens with two attached hydrogens (primary N) is 2. The van der Waals surface area contributed by atoms with Gasteiger partial charge in [0.1, 0.15) is 0 Å². The monoisotopic (exact) mass is 162 g/mol. The highest BCUT2D eigenvalue weighted by Crippen LogP contribution is 2.39. The first kappa shape index (κ1) is 7.62. The smallest absolute Gasteiger partial charge is 0.0323 e. The molecule has 4 N–H and O–H groups in total. The quantitative estimate of drug-likeness (QED) is 0.650. The zero-order valence-corrected chi connectivity index (χ0v) is 7.03. The molecule has 0 heterocycles. The van der Waals surface area contributed by atoms with Crippen molar-refractivity contribution in [1.29, 1.82) is 0 Å². The Morgan fingerprint density at radius 2 is 1.75 bits per heavy atom. The van der Waals surface area contributed by atoms with Gasteiger partial charge in [-0.25, -0.2) is 0 Å². The molecule has 2 nitrogen and oxygen atoms in total. The van der Waals surface area contributed by atoms with Crippen LogP contribution in [0.5, 0.6) is 0 Å². The lowest BCUT2D eigenvalue weighted by molar-refractivity contribution is 0.633. The highest BCUT2D eigenvalue weighted by Gasteiger charge is 2.29. The molecular formula is C10H14N2. The van der Waals surface area contributed by atoms with E-state index < -0.39 is 0 Å². The summed E-state index contributed by atoms with van der Waals surface area (Å²) in [7, 11) is 0. The number of rotatable bonds is 2. The van der Waals surface area contributed by atoms with Crippen LogP contribution in [-0.4, -0.2) is 0 Å². The summed E-state index contributed by atoms with van der Waals surface area (Å²) in [5.74, 6) is 0.716. The number of hydrogen-bond donors (Lipinski definition) is 2. The van der Waals surface area contributed by atoms with E-state index in [0.717, 1.165) is 5.69 Å². The van der Waals surface area contributed by atoms with Gasteiger partial charge in [0.2, 0.25) is 0 Å². The van der Waals surface area contributed by atoms with Crippen LogP contribution in [0.15, 0.2) is 24.3 Å². The van der Waals surface area contributed by atoms with Crippen molar-refractivity contribution in [2.24, 2.45) is 11.7 Å². The van der Waals surface area contributed by atoms with Gasteiger partial charge in [-0.05, 0) is 36.5 Å². The van der Waals surface area contributed by atoms with Gasteiger partial charge in [-0.15, -0.1) is 0 Å². The Hall–Kier alpha value is -1.02. The molecule has 0 saturated heterocycles. The first-order chi connectivity index (χ1) is 5.77. The second kappa shape index (κ2) is 2.79. The van der Waals surface area contributed by atoms with Crippen LogP contribution in [0.25, 0.3) is 0 Å². The maximum absolute atomic E-state index is 6.01. The topological polar surface area (TPSA) is 52.0 Å². The van der Waals surface area contributed by atoms with Gasteiger partial charge < -0.3 is 11.5 Å². The van der Waals surface area contributed by atoms with Crippen LogP contribution < -0.4 is 11.5 Å². The summed E-state index contributed by atoms with van der Waals surface area (Å²) in [5, 5.41) is 0. The third-order valence-electron chi connectivity index (χ3n) is 2.45. The summed E-state index contributed by atoms with van der Waals surface area (Å²) in [6.07, 6.45) is 2.57. The summed E-state index contributed by atoms with van der Waals surface area (Å²) >= 11 is 0. The predicted octanol–water partition coefficient (Wildman–Crippen LogP) is 1.68. The fourth-order valence-electron chi connectivity index (χ4n) is 1.45. The standard InChI is InChI=1S/C10H14N2/c11-9-5-3-8(4-6-9)10(12)7-1-2-7/h3-7,10H,1-2,11-12H2/t10-/m1/s1. The first-order valence-electron chi connectivity index (χ1n) is 4.38. The fourth-order valence-corrected chi connectivity index (χ4v) is 1.45. The van der Waals surface area contributed by atoms with Crippen molar-refractivity contribution in [3.63, 3.8) is 0 Å². The molecular weight excluding hydrogens is 148 g/mol. The van der Waals surface area contributed by atoms with Gasteiger partial charge in [0, 0.05) is 11.7 Å². The summed E-state index contributed by atoms with van der Waals surface area (Å²) in [4.78, 5) is 0. The average Bonchev–Trinajstić information content (AvgIpc) is 2.87. The van der Waals surface area contributed by atoms with Gasteiger partial charge in [0.05, 0.1) is 0 Å². The molecule has 0 unspecified atom stereocenters. The molecule has 0 bridgehead atoms. The molecule has 0 aromatic heterocycles. The predicted molar refractivity (Wildman–Crippen MR) is 50.5 cm³/mol. The largest absolute Gasteiger partial charge is 0.399 e. The van der Waals surface area contributed by atoms with Crippen molar-refractivity contribution < 1.29 is 0 Å². The Bertz CT molecular complexity index is 262. The summed E-state index contributed by atoms with van der Waals surface area (Å²) in [5.41, 5.74) is 13.6. The SMILES string of the molecule is Nc1ccc([C@H](N)C2CC2)cc1. The lowest BCUT2D eigenvalue weighted by atomic mass is 10.0. The molecule has 0 radical (unpaired) electrons. The molecule has 1 aliphatic carbocycles. The molecule has 2 heteroatoms. The Balaban J connectivity index is 2.16. The van der Waals surface area contributed by atoms with Crippen LogP contribution in [0.3, 0.4) is 0 Å². The van der Waals surface area contributed by atoms with Gasteiger partial charge in [-0.3, -0.25) is 0 Å². The normalized spacial score (nSPS) is 19.1. The molecule has 1 aliphatic rings. The van der Waals surface area contributed by atoms with E-state index in [9.17, 15) is 0 Å². The Morgan fingerprint density at radius 3 is 2.25 bits per heavy atom. The molecule has 1 atom stereocenters. The van der Waals surface area contributed by atoms with E-state index in [-0.39, 0.29) is 6.04 Å². The highest BCUT2D eigenvalue weighted by atomic mass is 14.7. The van der Waals surface area contributed by atoms with Crippen LogP contribution in [-0.2, 0) is 0 Å². The van der Waals surface area contributed by atoms with E-state index in [4.69, 9.17) is 11.5 Å². The second-order valence-electron chi connectivity index (χ2n) is 3.53. The lowest BCUT2D eigenvalue weighted by Gasteiger charge is -2.09. The van der Waals surface area contributed by atoms with E-state index in [1.165, 1.54) is 18.4 Å². The van der Waals surface area contributed by atoms with Crippen LogP contribution in [0.4, 0.5) is 5.69 Å². The zero-order chi connectivity index (χ0) is 8.55. The lowest BCUT2D eigenvalue weighted by Crippen LogP contribution is -2.11. The summed E-state index contributed by atoms with van der Waals surface area (Å²) in [6.45, 7) is 0. The molecule has 0 aliphatic heterocycles. The van der Waals surface area contributed by atoms with Crippen LogP contribution >= 0.6 is 0 Å². The number of anilines is 1. The van der Waals surface area contributed by atoms with Crippen molar-refractivity contribution in [2.75, 3.05) is 5.73 Å². The van der Waals surface area contributed by atoms with Crippen LogP contribution in [0.2, 0.25) is 0 Å². The third kappa shape index (κ3) is 1.43. The minimum atomic E-state index is 0.227. The minimum absolute atomic E-state index is 0.227. The van der Waals surface area contributed by atoms with Gasteiger partial charge in [-0.1, -0.05) is 12.1 Å². The third-order valence-corrected chi connectivity index (χ3v) is 2.45. The summed E-state index contributed by atoms with van der Waals surface area (Å²) in [6, 6.07) is 8.11. The fraction of sp³-hybridized carbons (Fsp3) is 0.400. The van der Waals surface area contributed by atoms with Gasteiger partial charge in [0.15, 0.2) is 0 Å². The molecule has 0 spiro atoms. The molecule has 0 amide bonds. The van der Waals surface area contributed by atoms with E-state index in [2.05, 4.69) is 0 Å². The van der Waals surface area contributed by atoms with Crippen molar-refractivity contribution in [1.82, 2.24) is 0 Å². The van der Waals surface area contributed by atoms with Crippen LogP contribution in [0, 0.1) is 5.92 Å². The Labute approximate surface area is 72.6 Å². The number of hydrogen-bond acceptors (Lipinski definition) is 2. The maximum Gasteiger partial charge on any atom is 0.0323 e. The maximum atomic E-state index is 6.01.